The summed E-state index contributed by atoms with van der Waals surface area (Å²) in [6.07, 6.45) is 1.24. The maximum atomic E-state index is 12.5. The average Bonchev–Trinajstić information content (AvgIpc) is 2.97. The van der Waals surface area contributed by atoms with Gasteiger partial charge >= 0.3 is 0 Å². The summed E-state index contributed by atoms with van der Waals surface area (Å²) in [4.78, 5) is 0.279. The molecule has 0 heterocycles. The summed E-state index contributed by atoms with van der Waals surface area (Å²) in [5.74, 6) is 5.67. The van der Waals surface area contributed by atoms with Gasteiger partial charge in [0, 0.05) is 18.0 Å². The van der Waals surface area contributed by atoms with Crippen molar-refractivity contribution >= 4 is 10.0 Å². The Morgan fingerprint density at radius 2 is 2.10 bits per heavy atom. The maximum Gasteiger partial charge on any atom is 0.241 e. The molecule has 2 N–H and O–H groups in total. The molecule has 0 radical (unpaired) electrons. The molecule has 2 rings (SSSR count). The van der Waals surface area contributed by atoms with E-state index in [1.807, 2.05) is 13.8 Å². The Hall–Kier alpha value is -1.35. The second-order valence-electron chi connectivity index (χ2n) is 6.12. The highest BCUT2D eigenvalue weighted by Crippen LogP contribution is 2.45. The van der Waals surface area contributed by atoms with Gasteiger partial charge in [0.05, 0.1) is 11.5 Å². The van der Waals surface area contributed by atoms with Crippen molar-refractivity contribution in [2.24, 2.45) is 5.41 Å². The van der Waals surface area contributed by atoms with Gasteiger partial charge in [0.2, 0.25) is 10.0 Å². The van der Waals surface area contributed by atoms with Gasteiger partial charge in [-0.05, 0) is 36.5 Å². The molecule has 1 aliphatic carbocycles. The monoisotopic (exact) mass is 307 g/mol. The Morgan fingerprint density at radius 3 is 2.67 bits per heavy atom. The molecule has 0 bridgehead atoms. The lowest BCUT2D eigenvalue weighted by Crippen LogP contribution is -2.29. The molecule has 0 saturated heterocycles. The third-order valence-electron chi connectivity index (χ3n) is 3.76. The van der Waals surface area contributed by atoms with Crippen molar-refractivity contribution in [3.05, 3.63) is 29.3 Å². The van der Waals surface area contributed by atoms with Crippen LogP contribution in [0.4, 0.5) is 0 Å². The van der Waals surface area contributed by atoms with Crippen molar-refractivity contribution < 1.29 is 13.5 Å². The van der Waals surface area contributed by atoms with E-state index in [0.717, 1.165) is 6.42 Å². The molecule has 0 amide bonds. The number of aliphatic hydroxyl groups is 1. The fourth-order valence-corrected chi connectivity index (χ4v) is 3.78. The van der Waals surface area contributed by atoms with Crippen LogP contribution in [0, 0.1) is 24.2 Å². The number of aryl methyl sites for hydroxylation is 1. The summed E-state index contributed by atoms with van der Waals surface area (Å²) >= 11 is 0. The molecule has 1 saturated carbocycles. The van der Waals surface area contributed by atoms with E-state index in [1.165, 1.54) is 0 Å². The number of sulfonamides is 1. The molecular formula is C16H21NO3S. The quantitative estimate of drug-likeness (QED) is 0.834. The van der Waals surface area contributed by atoms with Gasteiger partial charge in [-0.1, -0.05) is 31.8 Å². The van der Waals surface area contributed by atoms with Crippen LogP contribution in [0.5, 0.6) is 0 Å². The van der Waals surface area contributed by atoms with Gasteiger partial charge in [0.15, 0.2) is 0 Å². The van der Waals surface area contributed by atoms with E-state index in [9.17, 15) is 8.42 Å². The lowest BCUT2D eigenvalue weighted by molar-refractivity contribution is 0.305. The third kappa shape index (κ3) is 3.85. The zero-order chi connectivity index (χ0) is 15.7. The normalized spacial score (nSPS) is 19.7. The van der Waals surface area contributed by atoms with Gasteiger partial charge in [-0.3, -0.25) is 0 Å². The molecular weight excluding hydrogens is 286 g/mol. The zero-order valence-corrected chi connectivity index (χ0v) is 13.4. The Morgan fingerprint density at radius 1 is 1.43 bits per heavy atom. The molecule has 0 spiro atoms. The lowest BCUT2D eigenvalue weighted by atomic mass is 10.1. The number of nitrogens with one attached hydrogen (secondary N) is 1. The standard InChI is InChI=1S/C16H21NO3S/c1-12-7-8-13(6-4-5-9-18)10-14(12)21(19,20)17-15-11-16(15,2)3/h7-8,10,15,17-18H,5,9,11H2,1-3H3. The second kappa shape index (κ2) is 5.80. The Bertz CT molecular complexity index is 696. The van der Waals surface area contributed by atoms with E-state index in [4.69, 9.17) is 5.11 Å². The molecule has 1 aliphatic rings. The largest absolute Gasteiger partial charge is 0.395 e. The van der Waals surface area contributed by atoms with Crippen LogP contribution >= 0.6 is 0 Å². The molecule has 1 atom stereocenters. The summed E-state index contributed by atoms with van der Waals surface area (Å²) < 4.78 is 27.7. The molecule has 21 heavy (non-hydrogen) atoms. The topological polar surface area (TPSA) is 66.4 Å². The Kier molecular flexibility index (Phi) is 4.43. The third-order valence-corrected chi connectivity index (χ3v) is 5.37. The first-order chi connectivity index (χ1) is 9.76. The predicted molar refractivity (Wildman–Crippen MR) is 82.3 cm³/mol. The highest BCUT2D eigenvalue weighted by atomic mass is 32.2. The van der Waals surface area contributed by atoms with Crippen molar-refractivity contribution in [1.82, 2.24) is 4.72 Å². The van der Waals surface area contributed by atoms with E-state index in [1.54, 1.807) is 25.1 Å². The predicted octanol–water partition coefficient (Wildman–Crippen LogP) is 1.81. The van der Waals surface area contributed by atoms with Crippen LogP contribution in [-0.2, 0) is 10.0 Å². The lowest BCUT2D eigenvalue weighted by Gasteiger charge is -2.11. The van der Waals surface area contributed by atoms with Crippen LogP contribution in [-0.4, -0.2) is 26.2 Å². The van der Waals surface area contributed by atoms with Crippen LogP contribution < -0.4 is 4.72 Å². The Balaban J connectivity index is 2.26. The number of hydrogen-bond acceptors (Lipinski definition) is 3. The second-order valence-corrected chi connectivity index (χ2v) is 7.80. The van der Waals surface area contributed by atoms with Gasteiger partial charge < -0.3 is 5.11 Å². The van der Waals surface area contributed by atoms with Crippen molar-refractivity contribution in [2.75, 3.05) is 6.61 Å². The molecule has 1 unspecified atom stereocenters. The minimum absolute atomic E-state index is 0.00232. The van der Waals surface area contributed by atoms with Crippen molar-refractivity contribution in [1.29, 1.82) is 0 Å². The first-order valence-electron chi connectivity index (χ1n) is 6.99. The van der Waals surface area contributed by atoms with Gasteiger partial charge in [0.25, 0.3) is 0 Å². The van der Waals surface area contributed by atoms with E-state index in [-0.39, 0.29) is 23.0 Å². The smallest absolute Gasteiger partial charge is 0.241 e. The fourth-order valence-electron chi connectivity index (χ4n) is 2.11. The molecule has 4 nitrogen and oxygen atoms in total. The van der Waals surface area contributed by atoms with Gasteiger partial charge in [-0.25, -0.2) is 13.1 Å². The van der Waals surface area contributed by atoms with Gasteiger partial charge in [0.1, 0.15) is 0 Å². The minimum Gasteiger partial charge on any atom is -0.395 e. The number of benzene rings is 1. The molecule has 1 fully saturated rings. The molecule has 0 aromatic heterocycles. The highest BCUT2D eigenvalue weighted by molar-refractivity contribution is 7.89. The molecule has 114 valence electrons. The van der Waals surface area contributed by atoms with Crippen LogP contribution in [0.2, 0.25) is 0 Å². The molecule has 1 aromatic carbocycles. The van der Waals surface area contributed by atoms with Gasteiger partial charge in [-0.15, -0.1) is 0 Å². The molecule has 1 aromatic rings. The Labute approximate surface area is 126 Å². The summed E-state index contributed by atoms with van der Waals surface area (Å²) in [5.41, 5.74) is 1.39. The van der Waals surface area contributed by atoms with E-state index >= 15 is 0 Å². The van der Waals surface area contributed by atoms with Gasteiger partial charge in [-0.2, -0.15) is 0 Å². The van der Waals surface area contributed by atoms with E-state index in [2.05, 4.69) is 16.6 Å². The number of aliphatic hydroxyl groups excluding tert-OH is 1. The summed E-state index contributed by atoms with van der Waals surface area (Å²) in [6, 6.07) is 5.15. The van der Waals surface area contributed by atoms with Crippen LogP contribution in [0.1, 0.15) is 37.8 Å². The SMILES string of the molecule is Cc1ccc(C#CCCO)cc1S(=O)(=O)NC1CC1(C)C. The molecule has 5 heteroatoms. The average molecular weight is 307 g/mol. The first kappa shape index (κ1) is 16.0. The van der Waals surface area contributed by atoms with Crippen molar-refractivity contribution in [2.45, 2.75) is 44.6 Å². The minimum atomic E-state index is -3.52. The van der Waals surface area contributed by atoms with E-state index in [0.29, 0.717) is 17.5 Å². The summed E-state index contributed by atoms with van der Waals surface area (Å²) in [5, 5.41) is 8.72. The van der Waals surface area contributed by atoms with Crippen LogP contribution in [0.15, 0.2) is 23.1 Å². The summed E-state index contributed by atoms with van der Waals surface area (Å²) in [6.45, 7) is 5.87. The first-order valence-corrected chi connectivity index (χ1v) is 8.47. The van der Waals surface area contributed by atoms with Crippen molar-refractivity contribution in [3.8, 4) is 11.8 Å². The van der Waals surface area contributed by atoms with E-state index < -0.39 is 10.0 Å². The number of rotatable bonds is 4. The van der Waals surface area contributed by atoms with Crippen LogP contribution in [0.3, 0.4) is 0 Å². The molecule has 0 aliphatic heterocycles. The maximum absolute atomic E-state index is 12.5. The van der Waals surface area contributed by atoms with Crippen molar-refractivity contribution in [3.63, 3.8) is 0 Å². The van der Waals surface area contributed by atoms with Crippen LogP contribution in [0.25, 0.3) is 0 Å². The number of hydrogen-bond donors (Lipinski definition) is 2. The highest BCUT2D eigenvalue weighted by Gasteiger charge is 2.48. The summed E-state index contributed by atoms with van der Waals surface area (Å²) in [7, 11) is -3.52. The zero-order valence-electron chi connectivity index (χ0n) is 12.6. The fraction of sp³-hybridized carbons (Fsp3) is 0.500.